The lowest BCUT2D eigenvalue weighted by molar-refractivity contribution is 0.184. The van der Waals surface area contributed by atoms with Crippen LogP contribution in [0.4, 0.5) is 0 Å². The van der Waals surface area contributed by atoms with Crippen molar-refractivity contribution in [2.75, 3.05) is 0 Å². The average Bonchev–Trinajstić information content (AvgIpc) is 2.13. The molecule has 4 heteroatoms. The lowest BCUT2D eigenvalue weighted by atomic mass is 10.1. The van der Waals surface area contributed by atoms with E-state index in [0.717, 1.165) is 0 Å². The third-order valence-corrected chi connectivity index (χ3v) is 2.04. The summed E-state index contributed by atoms with van der Waals surface area (Å²) in [5.74, 6) is -1.16. The maximum Gasteiger partial charge on any atom is 0.200 e. The van der Waals surface area contributed by atoms with E-state index in [9.17, 15) is 10.2 Å². The summed E-state index contributed by atoms with van der Waals surface area (Å²) in [6.45, 7) is 1.65. The summed E-state index contributed by atoms with van der Waals surface area (Å²) in [6.07, 6.45) is 0.500. The minimum atomic E-state index is -0.506. The van der Waals surface area contributed by atoms with Gasteiger partial charge in [-0.3, -0.25) is 0 Å². The summed E-state index contributed by atoms with van der Waals surface area (Å²) in [7, 11) is 0. The van der Waals surface area contributed by atoms with Crippen molar-refractivity contribution in [2.24, 2.45) is 0 Å². The molecule has 0 aliphatic carbocycles. The highest BCUT2D eigenvalue weighted by Crippen LogP contribution is 2.37. The Labute approximate surface area is 82.1 Å². The minimum Gasteiger partial charge on any atom is -0.504 e. The maximum absolute atomic E-state index is 9.40. The molecule has 4 nitrogen and oxygen atoms in total. The molecule has 0 aliphatic rings. The fraction of sp³-hybridized carbons (Fsp3) is 0.400. The van der Waals surface area contributed by atoms with E-state index in [1.807, 2.05) is 0 Å². The smallest absolute Gasteiger partial charge is 0.200 e. The highest BCUT2D eigenvalue weighted by molar-refractivity contribution is 5.53. The Bertz CT molecular complexity index is 320. The van der Waals surface area contributed by atoms with E-state index in [0.29, 0.717) is 18.4 Å². The van der Waals surface area contributed by atoms with Crippen molar-refractivity contribution < 1.29 is 20.4 Å². The first-order valence-electron chi connectivity index (χ1n) is 4.43. The topological polar surface area (TPSA) is 80.9 Å². The molecule has 1 aromatic rings. The first-order chi connectivity index (χ1) is 6.52. The Kier molecular flexibility index (Phi) is 3.19. The van der Waals surface area contributed by atoms with E-state index in [4.69, 9.17) is 10.2 Å². The molecule has 0 fully saturated rings. The van der Waals surface area contributed by atoms with Crippen LogP contribution in [-0.4, -0.2) is 26.5 Å². The third kappa shape index (κ3) is 2.29. The quantitative estimate of drug-likeness (QED) is 0.548. The summed E-state index contributed by atoms with van der Waals surface area (Å²) < 4.78 is 0. The van der Waals surface area contributed by atoms with Gasteiger partial charge in [-0.15, -0.1) is 0 Å². The van der Waals surface area contributed by atoms with Crippen LogP contribution < -0.4 is 0 Å². The van der Waals surface area contributed by atoms with Crippen LogP contribution in [0.5, 0.6) is 17.2 Å². The molecule has 0 aromatic heterocycles. The van der Waals surface area contributed by atoms with Crippen molar-refractivity contribution in [3.63, 3.8) is 0 Å². The molecule has 0 heterocycles. The molecule has 0 saturated heterocycles. The first kappa shape index (κ1) is 10.7. The second-order valence-corrected chi connectivity index (χ2v) is 3.33. The molecule has 1 aromatic carbocycles. The number of benzene rings is 1. The van der Waals surface area contributed by atoms with Crippen LogP contribution in [0.2, 0.25) is 0 Å². The van der Waals surface area contributed by atoms with E-state index >= 15 is 0 Å². The molecule has 0 unspecified atom stereocenters. The number of rotatable bonds is 3. The number of aromatic hydroxyl groups is 3. The van der Waals surface area contributed by atoms with Gasteiger partial charge in [0, 0.05) is 0 Å². The van der Waals surface area contributed by atoms with E-state index < -0.39 is 11.9 Å². The zero-order chi connectivity index (χ0) is 10.7. The normalized spacial score (nSPS) is 12.7. The lowest BCUT2D eigenvalue weighted by Gasteiger charge is -2.08. The molecule has 4 N–H and O–H groups in total. The van der Waals surface area contributed by atoms with Crippen molar-refractivity contribution in [3.05, 3.63) is 17.7 Å². The molecule has 78 valence electrons. The molecule has 1 rings (SSSR count). The summed E-state index contributed by atoms with van der Waals surface area (Å²) in [5.41, 5.74) is 0.515. The third-order valence-electron chi connectivity index (χ3n) is 2.04. The Morgan fingerprint density at radius 2 is 1.79 bits per heavy atom. The van der Waals surface area contributed by atoms with Gasteiger partial charge in [-0.05, 0) is 31.4 Å². The standard InChI is InChI=1S/C10H14O4/c1-6(11)2-3-7-4-5-8(12)10(14)9(7)13/h4-6,11-14H,2-3H2,1H3/t6-/m0/s1. The first-order valence-corrected chi connectivity index (χ1v) is 4.43. The van der Waals surface area contributed by atoms with Crippen LogP contribution in [0, 0.1) is 0 Å². The van der Waals surface area contributed by atoms with Crippen LogP contribution in [0.15, 0.2) is 12.1 Å². The van der Waals surface area contributed by atoms with Crippen LogP contribution >= 0.6 is 0 Å². The van der Waals surface area contributed by atoms with Crippen molar-refractivity contribution in [3.8, 4) is 17.2 Å². The Balaban J connectivity index is 2.83. The molecular weight excluding hydrogens is 184 g/mol. The molecular formula is C10H14O4. The van der Waals surface area contributed by atoms with Gasteiger partial charge in [0.2, 0.25) is 5.75 Å². The predicted molar refractivity (Wildman–Crippen MR) is 51.4 cm³/mol. The summed E-state index contributed by atoms with van der Waals surface area (Å²) in [6, 6.07) is 2.83. The number of aryl methyl sites for hydroxylation is 1. The number of aliphatic hydroxyl groups is 1. The second-order valence-electron chi connectivity index (χ2n) is 3.33. The van der Waals surface area contributed by atoms with Gasteiger partial charge in [0.15, 0.2) is 11.5 Å². The van der Waals surface area contributed by atoms with Crippen molar-refractivity contribution >= 4 is 0 Å². The minimum absolute atomic E-state index is 0.314. The molecule has 0 bridgehead atoms. The predicted octanol–water partition coefficient (Wildman–Crippen LogP) is 1.12. The van der Waals surface area contributed by atoms with Crippen molar-refractivity contribution in [2.45, 2.75) is 25.9 Å². The Morgan fingerprint density at radius 3 is 2.36 bits per heavy atom. The van der Waals surface area contributed by atoms with Gasteiger partial charge in [-0.25, -0.2) is 0 Å². The molecule has 0 radical (unpaired) electrons. The fourth-order valence-corrected chi connectivity index (χ4v) is 1.18. The van der Waals surface area contributed by atoms with Gasteiger partial charge in [0.25, 0.3) is 0 Å². The van der Waals surface area contributed by atoms with Crippen LogP contribution in [0.3, 0.4) is 0 Å². The Morgan fingerprint density at radius 1 is 1.14 bits per heavy atom. The van der Waals surface area contributed by atoms with Gasteiger partial charge in [-0.2, -0.15) is 0 Å². The van der Waals surface area contributed by atoms with E-state index in [1.165, 1.54) is 12.1 Å². The zero-order valence-corrected chi connectivity index (χ0v) is 7.94. The van der Waals surface area contributed by atoms with Gasteiger partial charge in [-0.1, -0.05) is 6.07 Å². The second kappa shape index (κ2) is 4.19. The fourth-order valence-electron chi connectivity index (χ4n) is 1.18. The SMILES string of the molecule is C[C@H](O)CCc1ccc(O)c(O)c1O. The molecule has 0 spiro atoms. The van der Waals surface area contributed by atoms with E-state index in [-0.39, 0.29) is 11.5 Å². The number of aliphatic hydroxyl groups excluding tert-OH is 1. The average molecular weight is 198 g/mol. The molecule has 14 heavy (non-hydrogen) atoms. The number of phenolic OH excluding ortho intramolecular Hbond substituents is 3. The van der Waals surface area contributed by atoms with Crippen molar-refractivity contribution in [1.29, 1.82) is 0 Å². The number of phenols is 3. The van der Waals surface area contributed by atoms with Crippen LogP contribution in [0.1, 0.15) is 18.9 Å². The van der Waals surface area contributed by atoms with Crippen LogP contribution in [-0.2, 0) is 6.42 Å². The largest absolute Gasteiger partial charge is 0.504 e. The molecule has 0 amide bonds. The van der Waals surface area contributed by atoms with E-state index in [1.54, 1.807) is 6.92 Å². The zero-order valence-electron chi connectivity index (χ0n) is 7.94. The molecule has 1 atom stereocenters. The van der Waals surface area contributed by atoms with E-state index in [2.05, 4.69) is 0 Å². The number of hydrogen-bond donors (Lipinski definition) is 4. The Hall–Kier alpha value is -1.42. The van der Waals surface area contributed by atoms with Crippen molar-refractivity contribution in [1.82, 2.24) is 0 Å². The molecule has 0 aliphatic heterocycles. The number of hydrogen-bond acceptors (Lipinski definition) is 4. The van der Waals surface area contributed by atoms with Crippen LogP contribution in [0.25, 0.3) is 0 Å². The summed E-state index contributed by atoms with van der Waals surface area (Å²) >= 11 is 0. The summed E-state index contributed by atoms with van der Waals surface area (Å²) in [4.78, 5) is 0. The van der Waals surface area contributed by atoms with Gasteiger partial charge in [0.05, 0.1) is 6.10 Å². The summed E-state index contributed by atoms with van der Waals surface area (Å²) in [5, 5.41) is 36.7. The highest BCUT2D eigenvalue weighted by atomic mass is 16.3. The van der Waals surface area contributed by atoms with Gasteiger partial charge in [0.1, 0.15) is 0 Å². The monoisotopic (exact) mass is 198 g/mol. The van der Waals surface area contributed by atoms with Gasteiger partial charge < -0.3 is 20.4 Å². The molecule has 0 saturated carbocycles. The highest BCUT2D eigenvalue weighted by Gasteiger charge is 2.11. The maximum atomic E-state index is 9.40. The van der Waals surface area contributed by atoms with Gasteiger partial charge >= 0.3 is 0 Å². The lowest BCUT2D eigenvalue weighted by Crippen LogP contribution is -2.01.